The molecule has 2 N–H and O–H groups in total. The summed E-state index contributed by atoms with van der Waals surface area (Å²) in [4.78, 5) is 9.32. The summed E-state index contributed by atoms with van der Waals surface area (Å²) in [6.07, 6.45) is 4.23. The first-order valence-electron chi connectivity index (χ1n) is 7.24. The van der Waals surface area contributed by atoms with Gasteiger partial charge in [-0.25, -0.2) is 4.98 Å². The first kappa shape index (κ1) is 14.1. The number of benzene rings is 1. The van der Waals surface area contributed by atoms with Crippen molar-refractivity contribution in [3.8, 4) is 5.75 Å². The predicted octanol–water partition coefficient (Wildman–Crippen LogP) is 1.73. The van der Waals surface area contributed by atoms with Gasteiger partial charge in [0.25, 0.3) is 0 Å². The normalized spacial score (nSPS) is 22.6. The van der Waals surface area contributed by atoms with Gasteiger partial charge in [0.05, 0.1) is 6.33 Å². The van der Waals surface area contributed by atoms with Gasteiger partial charge in [-0.2, -0.15) is 0 Å². The van der Waals surface area contributed by atoms with Crippen LogP contribution in [0.25, 0.3) is 0 Å². The van der Waals surface area contributed by atoms with Crippen LogP contribution < -0.4 is 4.74 Å². The number of H-pyrrole nitrogens is 1. The molecule has 5 nitrogen and oxygen atoms in total. The van der Waals surface area contributed by atoms with Crippen LogP contribution in [-0.2, 0) is 6.54 Å². The molecule has 1 aliphatic rings. The van der Waals surface area contributed by atoms with Crippen LogP contribution in [0.1, 0.15) is 17.7 Å². The molecule has 0 saturated carbocycles. The Kier molecular flexibility index (Phi) is 3.94. The van der Waals surface area contributed by atoms with Crippen molar-refractivity contribution in [1.29, 1.82) is 0 Å². The van der Waals surface area contributed by atoms with Gasteiger partial charge in [-0.05, 0) is 25.5 Å². The number of likely N-dealkylation sites (tertiary alicyclic amines) is 1. The summed E-state index contributed by atoms with van der Waals surface area (Å²) >= 11 is 0. The second-order valence-corrected chi connectivity index (χ2v) is 5.86. The molecule has 0 unspecified atom stereocenters. The van der Waals surface area contributed by atoms with Crippen LogP contribution in [0.15, 0.2) is 36.8 Å². The van der Waals surface area contributed by atoms with Crippen LogP contribution in [-0.4, -0.2) is 45.3 Å². The molecule has 3 rings (SSSR count). The Morgan fingerprint density at radius 3 is 2.90 bits per heavy atom. The molecule has 0 spiro atoms. The molecule has 1 fully saturated rings. The van der Waals surface area contributed by atoms with Gasteiger partial charge < -0.3 is 14.8 Å². The van der Waals surface area contributed by atoms with Gasteiger partial charge in [0.15, 0.2) is 0 Å². The molecule has 2 aromatic rings. The first-order chi connectivity index (χ1) is 10.1. The van der Waals surface area contributed by atoms with Crippen molar-refractivity contribution in [3.63, 3.8) is 0 Å². The molecular weight excluding hydrogens is 266 g/mol. The van der Waals surface area contributed by atoms with Crippen LogP contribution in [0.3, 0.4) is 0 Å². The Hall–Kier alpha value is -1.85. The molecule has 0 aliphatic carbocycles. The lowest BCUT2D eigenvalue weighted by Gasteiger charge is -2.23. The van der Waals surface area contributed by atoms with Crippen LogP contribution in [0.2, 0.25) is 0 Å². The molecule has 0 radical (unpaired) electrons. The molecule has 1 atom stereocenters. The zero-order valence-electron chi connectivity index (χ0n) is 12.2. The smallest absolute Gasteiger partial charge is 0.119 e. The van der Waals surface area contributed by atoms with E-state index >= 15 is 0 Å². The number of aryl methyl sites for hydroxylation is 1. The van der Waals surface area contributed by atoms with E-state index in [1.165, 1.54) is 5.56 Å². The third-order valence-corrected chi connectivity index (χ3v) is 3.89. The summed E-state index contributed by atoms with van der Waals surface area (Å²) in [5.74, 6) is 0.807. The monoisotopic (exact) mass is 287 g/mol. The third kappa shape index (κ3) is 3.62. The molecule has 1 aromatic carbocycles. The molecule has 5 heteroatoms. The van der Waals surface area contributed by atoms with E-state index in [0.717, 1.165) is 31.0 Å². The summed E-state index contributed by atoms with van der Waals surface area (Å²) in [6, 6.07) is 7.91. The number of aromatic nitrogens is 2. The summed E-state index contributed by atoms with van der Waals surface area (Å²) in [5.41, 5.74) is 1.50. The van der Waals surface area contributed by atoms with Crippen molar-refractivity contribution in [3.05, 3.63) is 48.0 Å². The minimum Gasteiger partial charge on any atom is -0.491 e. The molecular formula is C16H21N3O2. The lowest BCUT2D eigenvalue weighted by molar-refractivity contribution is 0.00331. The molecule has 2 heterocycles. The van der Waals surface area contributed by atoms with Crippen molar-refractivity contribution in [2.45, 2.75) is 25.5 Å². The fraction of sp³-hybridized carbons (Fsp3) is 0.438. The summed E-state index contributed by atoms with van der Waals surface area (Å²) in [5, 5.41) is 10.6. The van der Waals surface area contributed by atoms with Gasteiger partial charge >= 0.3 is 0 Å². The fourth-order valence-electron chi connectivity index (χ4n) is 2.66. The Morgan fingerprint density at radius 2 is 2.19 bits per heavy atom. The van der Waals surface area contributed by atoms with Crippen molar-refractivity contribution < 1.29 is 9.84 Å². The van der Waals surface area contributed by atoms with E-state index in [1.54, 1.807) is 6.33 Å². The Labute approximate surface area is 124 Å². The molecule has 1 aliphatic heterocycles. The van der Waals surface area contributed by atoms with E-state index in [1.807, 2.05) is 37.4 Å². The summed E-state index contributed by atoms with van der Waals surface area (Å²) in [6.45, 7) is 4.65. The van der Waals surface area contributed by atoms with E-state index in [4.69, 9.17) is 4.74 Å². The third-order valence-electron chi connectivity index (χ3n) is 3.89. The van der Waals surface area contributed by atoms with E-state index in [0.29, 0.717) is 13.2 Å². The number of β-amino-alcohol motifs (C(OH)–C–C–N with tert-alkyl or cyclic N) is 1. The highest BCUT2D eigenvalue weighted by Crippen LogP contribution is 2.24. The minimum atomic E-state index is -0.773. The SMILES string of the molecule is Cc1ccc(OC[C@]2(O)CCN(Cc3cnc[nH]3)C2)cc1. The lowest BCUT2D eigenvalue weighted by atomic mass is 10.1. The van der Waals surface area contributed by atoms with Crippen molar-refractivity contribution in [2.24, 2.45) is 0 Å². The zero-order valence-corrected chi connectivity index (χ0v) is 12.2. The van der Waals surface area contributed by atoms with Gasteiger partial charge in [0.2, 0.25) is 0 Å². The van der Waals surface area contributed by atoms with Crippen LogP contribution in [0.5, 0.6) is 5.75 Å². The summed E-state index contributed by atoms with van der Waals surface area (Å²) < 4.78 is 5.73. The minimum absolute atomic E-state index is 0.329. The number of ether oxygens (including phenoxy) is 1. The Morgan fingerprint density at radius 1 is 1.38 bits per heavy atom. The molecule has 21 heavy (non-hydrogen) atoms. The van der Waals surface area contributed by atoms with Crippen LogP contribution in [0.4, 0.5) is 0 Å². The van der Waals surface area contributed by atoms with Gasteiger partial charge in [-0.15, -0.1) is 0 Å². The maximum absolute atomic E-state index is 10.6. The average Bonchev–Trinajstić information content (AvgIpc) is 3.10. The number of aromatic amines is 1. The maximum Gasteiger partial charge on any atom is 0.119 e. The number of aliphatic hydroxyl groups is 1. The van der Waals surface area contributed by atoms with E-state index in [-0.39, 0.29) is 0 Å². The van der Waals surface area contributed by atoms with E-state index in [9.17, 15) is 5.11 Å². The predicted molar refractivity (Wildman–Crippen MR) is 80.1 cm³/mol. The van der Waals surface area contributed by atoms with E-state index < -0.39 is 5.60 Å². The fourth-order valence-corrected chi connectivity index (χ4v) is 2.66. The zero-order chi connectivity index (χ0) is 14.7. The number of rotatable bonds is 5. The number of hydrogen-bond donors (Lipinski definition) is 2. The average molecular weight is 287 g/mol. The molecule has 112 valence electrons. The summed E-state index contributed by atoms with van der Waals surface area (Å²) in [7, 11) is 0. The topological polar surface area (TPSA) is 61.4 Å². The lowest BCUT2D eigenvalue weighted by Crippen LogP contribution is -2.39. The van der Waals surface area contributed by atoms with Crippen molar-refractivity contribution in [1.82, 2.24) is 14.9 Å². The number of imidazole rings is 1. The largest absolute Gasteiger partial charge is 0.491 e. The highest BCUT2D eigenvalue weighted by atomic mass is 16.5. The van der Waals surface area contributed by atoms with Gasteiger partial charge in [-0.1, -0.05) is 17.7 Å². The highest BCUT2D eigenvalue weighted by molar-refractivity contribution is 5.26. The van der Waals surface area contributed by atoms with Crippen molar-refractivity contribution >= 4 is 0 Å². The number of nitrogens with zero attached hydrogens (tertiary/aromatic N) is 2. The standard InChI is InChI=1S/C16H21N3O2/c1-13-2-4-15(5-3-13)21-11-16(20)6-7-19(10-16)9-14-8-17-12-18-14/h2-5,8,12,20H,6-7,9-11H2,1H3,(H,17,18)/t16-/m0/s1. The number of hydrogen-bond acceptors (Lipinski definition) is 4. The van der Waals surface area contributed by atoms with Gasteiger partial charge in [0.1, 0.15) is 18.0 Å². The molecule has 1 aromatic heterocycles. The number of nitrogens with one attached hydrogen (secondary N) is 1. The second-order valence-electron chi connectivity index (χ2n) is 5.86. The molecule has 1 saturated heterocycles. The van der Waals surface area contributed by atoms with Crippen LogP contribution in [0, 0.1) is 6.92 Å². The first-order valence-corrected chi connectivity index (χ1v) is 7.24. The Bertz CT molecular complexity index is 568. The van der Waals surface area contributed by atoms with Crippen molar-refractivity contribution in [2.75, 3.05) is 19.7 Å². The Balaban J connectivity index is 1.52. The van der Waals surface area contributed by atoms with Gasteiger partial charge in [-0.3, -0.25) is 4.90 Å². The second kappa shape index (κ2) is 5.87. The molecule has 0 bridgehead atoms. The van der Waals surface area contributed by atoms with Gasteiger partial charge in [0, 0.05) is 31.5 Å². The highest BCUT2D eigenvalue weighted by Gasteiger charge is 2.36. The van der Waals surface area contributed by atoms with Crippen LogP contribution >= 0.6 is 0 Å². The van der Waals surface area contributed by atoms with E-state index in [2.05, 4.69) is 14.9 Å². The quantitative estimate of drug-likeness (QED) is 0.879. The maximum atomic E-state index is 10.6. The molecule has 0 amide bonds.